The number of benzene rings is 3. The Morgan fingerprint density at radius 1 is 0.889 bits per heavy atom. The molecule has 2 aliphatic rings. The number of rotatable bonds is 5. The average molecular weight is 517 g/mol. The molecule has 5 nitrogen and oxygen atoms in total. The van der Waals surface area contributed by atoms with E-state index in [4.69, 9.17) is 16.0 Å². The number of anilines is 3. The van der Waals surface area contributed by atoms with Gasteiger partial charge in [-0.3, -0.25) is 14.6 Å². The van der Waals surface area contributed by atoms with Crippen LogP contribution >= 0.6 is 23.1 Å². The van der Waals surface area contributed by atoms with Crippen LogP contribution in [-0.2, 0) is 17.6 Å². The number of carbonyl (C=O) groups excluding carboxylic acids is 1. The van der Waals surface area contributed by atoms with Crippen LogP contribution in [-0.4, -0.2) is 47.9 Å². The van der Waals surface area contributed by atoms with Gasteiger partial charge in [0.05, 0.1) is 16.1 Å². The molecule has 1 saturated heterocycles. The van der Waals surface area contributed by atoms with Gasteiger partial charge in [0.1, 0.15) is 5.82 Å². The van der Waals surface area contributed by atoms with E-state index in [2.05, 4.69) is 58.3 Å². The molecule has 0 unspecified atom stereocenters. The number of aryl methyl sites for hydroxylation is 2. The third kappa shape index (κ3) is 4.61. The van der Waals surface area contributed by atoms with Crippen LogP contribution in [0.2, 0.25) is 5.02 Å². The Kier molecular flexibility index (Phi) is 6.65. The molecule has 1 aromatic heterocycles. The summed E-state index contributed by atoms with van der Waals surface area (Å²) in [4.78, 5) is 20.4. The van der Waals surface area contributed by atoms with Crippen molar-refractivity contribution in [2.75, 3.05) is 42.5 Å². The van der Waals surface area contributed by atoms with Crippen molar-refractivity contribution in [3.8, 4) is 0 Å². The van der Waals surface area contributed by atoms with Crippen molar-refractivity contribution >= 4 is 56.3 Å². The van der Waals surface area contributed by atoms with E-state index in [1.165, 1.54) is 21.2 Å². The van der Waals surface area contributed by atoms with Crippen molar-refractivity contribution in [3.05, 3.63) is 82.9 Å². The number of hydrogen-bond donors (Lipinski definition) is 0. The fourth-order valence-corrected chi connectivity index (χ4v) is 6.38. The number of carbonyl (C=O) groups is 1. The minimum atomic E-state index is 0.139. The summed E-state index contributed by atoms with van der Waals surface area (Å²) in [7, 11) is 0. The zero-order valence-corrected chi connectivity index (χ0v) is 21.8. The Morgan fingerprint density at radius 3 is 2.50 bits per heavy atom. The average Bonchev–Trinajstić information content (AvgIpc) is 3.26. The molecular weight excluding hydrogens is 488 g/mol. The van der Waals surface area contributed by atoms with Gasteiger partial charge in [0.2, 0.25) is 5.91 Å². The summed E-state index contributed by atoms with van der Waals surface area (Å²) in [5.41, 5.74) is 4.31. The standard InChI is InChI=1S/C29H29ClN4OS/c30-23-14-13-22-12-11-21-6-1-3-8-25(21)34(26(22)20-23)28(35)10-5-15-32-16-18-33(19-17-32)29-24-7-2-4-9-27(24)36-31-29/h1-4,6-9,13-14,20H,5,10-12,15-19H2. The highest BCUT2D eigenvalue weighted by atomic mass is 35.5. The van der Waals surface area contributed by atoms with E-state index in [9.17, 15) is 4.79 Å². The number of halogens is 1. The van der Waals surface area contributed by atoms with Gasteiger partial charge in [0, 0.05) is 43.0 Å². The molecular formula is C29H29ClN4OS. The zero-order chi connectivity index (χ0) is 24.5. The Labute approximate surface area is 221 Å². The second kappa shape index (κ2) is 10.2. The predicted molar refractivity (Wildman–Crippen MR) is 150 cm³/mol. The number of nitrogens with zero attached hydrogens (tertiary/aromatic N) is 4. The summed E-state index contributed by atoms with van der Waals surface area (Å²) < 4.78 is 5.96. The van der Waals surface area contributed by atoms with Gasteiger partial charge < -0.3 is 4.90 Å². The Bertz CT molecular complexity index is 1400. The molecule has 0 aliphatic carbocycles. The second-order valence-corrected chi connectivity index (χ2v) is 10.8. The first-order valence-electron chi connectivity index (χ1n) is 12.7. The van der Waals surface area contributed by atoms with Crippen molar-refractivity contribution in [2.45, 2.75) is 25.7 Å². The van der Waals surface area contributed by atoms with Crippen molar-refractivity contribution in [3.63, 3.8) is 0 Å². The minimum absolute atomic E-state index is 0.139. The molecule has 184 valence electrons. The maximum atomic E-state index is 13.6. The normalized spacial score (nSPS) is 16.0. The van der Waals surface area contributed by atoms with Gasteiger partial charge in [-0.1, -0.05) is 48.0 Å². The Hall–Kier alpha value is -2.93. The molecule has 0 saturated carbocycles. The van der Waals surface area contributed by atoms with E-state index in [1.54, 1.807) is 11.5 Å². The summed E-state index contributed by atoms with van der Waals surface area (Å²) in [5, 5.41) is 1.91. The number of amides is 1. The fraction of sp³-hybridized carbons (Fsp3) is 0.310. The topological polar surface area (TPSA) is 39.7 Å². The predicted octanol–water partition coefficient (Wildman–Crippen LogP) is 6.32. The molecule has 1 amide bonds. The number of fused-ring (bicyclic) bond motifs is 3. The van der Waals surface area contributed by atoms with Crippen LogP contribution in [0.1, 0.15) is 24.0 Å². The van der Waals surface area contributed by atoms with Gasteiger partial charge in [0.15, 0.2) is 0 Å². The molecule has 0 radical (unpaired) electrons. The first-order chi connectivity index (χ1) is 17.7. The van der Waals surface area contributed by atoms with Gasteiger partial charge in [-0.25, -0.2) is 0 Å². The van der Waals surface area contributed by atoms with Crippen LogP contribution in [0.3, 0.4) is 0 Å². The lowest BCUT2D eigenvalue weighted by Gasteiger charge is -2.35. The summed E-state index contributed by atoms with van der Waals surface area (Å²) in [5.74, 6) is 1.25. The molecule has 0 atom stereocenters. The Balaban J connectivity index is 1.10. The lowest BCUT2D eigenvalue weighted by Crippen LogP contribution is -2.47. The van der Waals surface area contributed by atoms with Gasteiger partial charge in [-0.05, 0) is 78.8 Å². The molecule has 7 heteroatoms. The molecule has 3 heterocycles. The van der Waals surface area contributed by atoms with Crippen LogP contribution < -0.4 is 9.80 Å². The summed E-state index contributed by atoms with van der Waals surface area (Å²) >= 11 is 7.94. The summed E-state index contributed by atoms with van der Waals surface area (Å²) in [6, 6.07) is 22.7. The summed E-state index contributed by atoms with van der Waals surface area (Å²) in [6.07, 6.45) is 3.18. The van der Waals surface area contributed by atoms with Crippen molar-refractivity contribution < 1.29 is 4.79 Å². The highest BCUT2D eigenvalue weighted by Crippen LogP contribution is 2.38. The van der Waals surface area contributed by atoms with Gasteiger partial charge in [0.25, 0.3) is 0 Å². The number of piperazine rings is 1. The molecule has 1 fully saturated rings. The smallest absolute Gasteiger partial charge is 0.231 e. The molecule has 36 heavy (non-hydrogen) atoms. The summed E-state index contributed by atoms with van der Waals surface area (Å²) in [6.45, 7) is 4.84. The molecule has 0 bridgehead atoms. The van der Waals surface area contributed by atoms with Crippen LogP contribution in [0, 0.1) is 0 Å². The maximum Gasteiger partial charge on any atom is 0.231 e. The van der Waals surface area contributed by atoms with Gasteiger partial charge in [-0.2, -0.15) is 4.37 Å². The van der Waals surface area contributed by atoms with Crippen LogP contribution in [0.25, 0.3) is 10.1 Å². The molecule has 3 aromatic carbocycles. The number of para-hydroxylation sites is 1. The van der Waals surface area contributed by atoms with Crippen molar-refractivity contribution in [1.82, 2.24) is 9.27 Å². The van der Waals surface area contributed by atoms with Crippen LogP contribution in [0.4, 0.5) is 17.2 Å². The first kappa shape index (κ1) is 23.5. The fourth-order valence-electron chi connectivity index (χ4n) is 5.41. The van der Waals surface area contributed by atoms with Crippen molar-refractivity contribution in [2.24, 2.45) is 0 Å². The highest BCUT2D eigenvalue weighted by molar-refractivity contribution is 7.13. The number of aromatic nitrogens is 1. The lowest BCUT2D eigenvalue weighted by molar-refractivity contribution is -0.118. The zero-order valence-electron chi connectivity index (χ0n) is 20.2. The van der Waals surface area contributed by atoms with Gasteiger partial charge >= 0.3 is 0 Å². The lowest BCUT2D eigenvalue weighted by atomic mass is 10.0. The minimum Gasteiger partial charge on any atom is -0.353 e. The van der Waals surface area contributed by atoms with Crippen molar-refractivity contribution in [1.29, 1.82) is 0 Å². The van der Waals surface area contributed by atoms with Crippen LogP contribution in [0.15, 0.2) is 66.7 Å². The molecule has 4 aromatic rings. The molecule has 2 aliphatic heterocycles. The molecule has 0 N–H and O–H groups in total. The Morgan fingerprint density at radius 2 is 1.64 bits per heavy atom. The van der Waals surface area contributed by atoms with Gasteiger partial charge in [-0.15, -0.1) is 0 Å². The second-order valence-electron chi connectivity index (χ2n) is 9.57. The third-order valence-corrected chi connectivity index (χ3v) is 8.38. The van der Waals surface area contributed by atoms with E-state index in [1.807, 2.05) is 23.1 Å². The van der Waals surface area contributed by atoms with Crippen LogP contribution in [0.5, 0.6) is 0 Å². The van der Waals surface area contributed by atoms with E-state index in [0.29, 0.717) is 11.4 Å². The number of hydrogen-bond acceptors (Lipinski definition) is 5. The van der Waals surface area contributed by atoms with E-state index in [0.717, 1.165) is 69.2 Å². The third-order valence-electron chi connectivity index (χ3n) is 7.33. The van der Waals surface area contributed by atoms with E-state index >= 15 is 0 Å². The maximum absolute atomic E-state index is 13.6. The van der Waals surface area contributed by atoms with E-state index < -0.39 is 0 Å². The molecule has 0 spiro atoms. The molecule has 6 rings (SSSR count). The highest BCUT2D eigenvalue weighted by Gasteiger charge is 2.26. The monoisotopic (exact) mass is 516 g/mol. The first-order valence-corrected chi connectivity index (χ1v) is 13.8. The van der Waals surface area contributed by atoms with E-state index in [-0.39, 0.29) is 5.91 Å². The SMILES string of the molecule is O=C(CCCN1CCN(c2nsc3ccccc23)CC1)N1c2ccccc2CCc2ccc(Cl)cc21. The largest absolute Gasteiger partial charge is 0.353 e. The quantitative estimate of drug-likeness (QED) is 0.311.